The van der Waals surface area contributed by atoms with Crippen molar-refractivity contribution in [2.75, 3.05) is 29.4 Å². The molecule has 1 saturated heterocycles. The molecule has 1 aliphatic rings. The van der Waals surface area contributed by atoms with E-state index in [4.69, 9.17) is 0 Å². The van der Waals surface area contributed by atoms with Gasteiger partial charge in [0.15, 0.2) is 0 Å². The zero-order valence-electron chi connectivity index (χ0n) is 17.9. The highest BCUT2D eigenvalue weighted by Gasteiger charge is 2.28. The van der Waals surface area contributed by atoms with Gasteiger partial charge in [-0.2, -0.15) is 0 Å². The number of hydrogen-bond donors (Lipinski definition) is 3. The zero-order chi connectivity index (χ0) is 22.6. The minimum Gasteiger partial charge on any atom is -0.348 e. The molecule has 0 aliphatic carbocycles. The molecule has 31 heavy (non-hydrogen) atoms. The van der Waals surface area contributed by atoms with Crippen molar-refractivity contribution in [3.05, 3.63) is 59.7 Å². The van der Waals surface area contributed by atoms with Crippen molar-refractivity contribution >= 4 is 33.2 Å². The number of carbonyl (C=O) groups excluding carboxylic acids is 2. The van der Waals surface area contributed by atoms with Crippen LogP contribution in [0.2, 0.25) is 0 Å². The standard InChI is InChI=1S/C22H28N4O4S/c1-15(17-7-5-4-6-8-17)26-12-11-19(14-26)24-22(28)20-13-18(23-16(2)27)9-10-21(20)25-31(3,29)30/h4-10,13,15,19,25H,11-12,14H2,1-3H3,(H,23,27)(H,24,28). The van der Waals surface area contributed by atoms with Crippen LogP contribution in [0.5, 0.6) is 0 Å². The molecule has 0 spiro atoms. The number of sulfonamides is 1. The van der Waals surface area contributed by atoms with Crippen molar-refractivity contribution in [2.24, 2.45) is 0 Å². The van der Waals surface area contributed by atoms with Crippen LogP contribution in [-0.2, 0) is 14.8 Å². The van der Waals surface area contributed by atoms with Gasteiger partial charge in [-0.15, -0.1) is 0 Å². The molecule has 3 N–H and O–H groups in total. The van der Waals surface area contributed by atoms with Crippen LogP contribution in [0.3, 0.4) is 0 Å². The predicted molar refractivity (Wildman–Crippen MR) is 122 cm³/mol. The third-order valence-electron chi connectivity index (χ3n) is 5.26. The Labute approximate surface area is 183 Å². The average molecular weight is 445 g/mol. The van der Waals surface area contributed by atoms with E-state index in [-0.39, 0.29) is 29.2 Å². The topological polar surface area (TPSA) is 108 Å². The fourth-order valence-electron chi connectivity index (χ4n) is 3.76. The summed E-state index contributed by atoms with van der Waals surface area (Å²) < 4.78 is 25.8. The number of anilines is 2. The van der Waals surface area contributed by atoms with E-state index >= 15 is 0 Å². The molecule has 9 heteroatoms. The molecule has 166 valence electrons. The molecule has 1 heterocycles. The van der Waals surface area contributed by atoms with Gasteiger partial charge in [0.05, 0.1) is 17.5 Å². The van der Waals surface area contributed by atoms with Crippen molar-refractivity contribution in [3.8, 4) is 0 Å². The van der Waals surface area contributed by atoms with E-state index in [1.807, 2.05) is 18.2 Å². The molecule has 0 bridgehead atoms. The van der Waals surface area contributed by atoms with Crippen LogP contribution in [0.4, 0.5) is 11.4 Å². The summed E-state index contributed by atoms with van der Waals surface area (Å²) in [6, 6.07) is 14.9. The molecule has 3 rings (SSSR count). The number of hydrogen-bond acceptors (Lipinski definition) is 5. The van der Waals surface area contributed by atoms with Gasteiger partial charge in [0, 0.05) is 37.8 Å². The third-order valence-corrected chi connectivity index (χ3v) is 5.86. The van der Waals surface area contributed by atoms with Gasteiger partial charge in [-0.1, -0.05) is 30.3 Å². The van der Waals surface area contributed by atoms with Gasteiger partial charge in [-0.3, -0.25) is 19.2 Å². The van der Waals surface area contributed by atoms with Crippen LogP contribution in [0.25, 0.3) is 0 Å². The number of likely N-dealkylation sites (tertiary alicyclic amines) is 1. The molecular weight excluding hydrogens is 416 g/mol. The maximum Gasteiger partial charge on any atom is 0.253 e. The van der Waals surface area contributed by atoms with Gasteiger partial charge >= 0.3 is 0 Å². The highest BCUT2D eigenvalue weighted by atomic mass is 32.2. The lowest BCUT2D eigenvalue weighted by Crippen LogP contribution is -2.38. The van der Waals surface area contributed by atoms with Gasteiger partial charge in [-0.25, -0.2) is 8.42 Å². The Balaban J connectivity index is 1.73. The lowest BCUT2D eigenvalue weighted by molar-refractivity contribution is -0.114. The second kappa shape index (κ2) is 9.49. The van der Waals surface area contributed by atoms with Gasteiger partial charge in [0.1, 0.15) is 0 Å². The summed E-state index contributed by atoms with van der Waals surface area (Å²) in [6.45, 7) is 5.05. The molecule has 0 radical (unpaired) electrons. The van der Waals surface area contributed by atoms with E-state index in [2.05, 4.69) is 39.3 Å². The van der Waals surface area contributed by atoms with E-state index in [0.717, 1.165) is 19.2 Å². The number of benzene rings is 2. The molecular formula is C22H28N4O4S. The van der Waals surface area contributed by atoms with Crippen molar-refractivity contribution in [1.29, 1.82) is 0 Å². The average Bonchev–Trinajstić information content (AvgIpc) is 3.16. The lowest BCUT2D eigenvalue weighted by Gasteiger charge is -2.25. The van der Waals surface area contributed by atoms with Crippen molar-refractivity contribution < 1.29 is 18.0 Å². The maximum absolute atomic E-state index is 13.0. The van der Waals surface area contributed by atoms with E-state index < -0.39 is 15.9 Å². The van der Waals surface area contributed by atoms with Crippen molar-refractivity contribution in [2.45, 2.75) is 32.4 Å². The van der Waals surface area contributed by atoms with Crippen LogP contribution >= 0.6 is 0 Å². The number of amides is 2. The van der Waals surface area contributed by atoms with E-state index in [1.54, 1.807) is 6.07 Å². The van der Waals surface area contributed by atoms with Gasteiger partial charge in [0.25, 0.3) is 5.91 Å². The molecule has 2 unspecified atom stereocenters. The van der Waals surface area contributed by atoms with E-state index in [9.17, 15) is 18.0 Å². The Bertz CT molecular complexity index is 1060. The number of nitrogens with zero attached hydrogens (tertiary/aromatic N) is 1. The Kier molecular flexibility index (Phi) is 6.97. The fourth-order valence-corrected chi connectivity index (χ4v) is 4.34. The molecule has 0 saturated carbocycles. The fraction of sp³-hybridized carbons (Fsp3) is 0.364. The van der Waals surface area contributed by atoms with Crippen LogP contribution in [0, 0.1) is 0 Å². The number of carbonyl (C=O) groups is 2. The second-order valence-corrected chi connectivity index (χ2v) is 9.60. The molecule has 0 aromatic heterocycles. The van der Waals surface area contributed by atoms with E-state index in [0.29, 0.717) is 12.2 Å². The first-order valence-corrected chi connectivity index (χ1v) is 12.0. The molecule has 2 amide bonds. The van der Waals surface area contributed by atoms with Crippen molar-refractivity contribution in [3.63, 3.8) is 0 Å². The number of rotatable bonds is 7. The van der Waals surface area contributed by atoms with Gasteiger partial charge in [-0.05, 0) is 37.1 Å². The Morgan fingerprint density at radius 1 is 1.13 bits per heavy atom. The molecule has 8 nitrogen and oxygen atoms in total. The summed E-state index contributed by atoms with van der Waals surface area (Å²) >= 11 is 0. The highest BCUT2D eigenvalue weighted by Crippen LogP contribution is 2.26. The summed E-state index contributed by atoms with van der Waals surface area (Å²) in [7, 11) is -3.57. The number of nitrogens with one attached hydrogen (secondary N) is 3. The maximum atomic E-state index is 13.0. The summed E-state index contributed by atoms with van der Waals surface area (Å²) in [6.07, 6.45) is 1.82. The Morgan fingerprint density at radius 2 is 1.84 bits per heavy atom. The predicted octanol–water partition coefficient (Wildman–Crippen LogP) is 2.58. The summed E-state index contributed by atoms with van der Waals surface area (Å²) in [5.41, 5.74) is 1.97. The van der Waals surface area contributed by atoms with Crippen LogP contribution in [0.1, 0.15) is 42.2 Å². The lowest BCUT2D eigenvalue weighted by atomic mass is 10.1. The van der Waals surface area contributed by atoms with Gasteiger partial charge < -0.3 is 10.6 Å². The molecule has 2 aromatic carbocycles. The van der Waals surface area contributed by atoms with Crippen LogP contribution < -0.4 is 15.4 Å². The summed E-state index contributed by atoms with van der Waals surface area (Å²) in [4.78, 5) is 26.7. The molecule has 2 atom stereocenters. The summed E-state index contributed by atoms with van der Waals surface area (Å²) in [5, 5.41) is 5.63. The third kappa shape index (κ3) is 6.28. The SMILES string of the molecule is CC(=O)Nc1ccc(NS(C)(=O)=O)c(C(=O)NC2CCN(C(C)c3ccccc3)C2)c1. The first-order valence-electron chi connectivity index (χ1n) is 10.1. The van der Waals surface area contributed by atoms with Crippen LogP contribution in [-0.4, -0.2) is 50.5 Å². The first kappa shape index (κ1) is 22.8. The van der Waals surface area contributed by atoms with Gasteiger partial charge in [0.2, 0.25) is 15.9 Å². The quantitative estimate of drug-likeness (QED) is 0.608. The normalized spacial score (nSPS) is 17.7. The second-order valence-electron chi connectivity index (χ2n) is 7.86. The molecule has 2 aromatic rings. The minimum atomic E-state index is -3.57. The largest absolute Gasteiger partial charge is 0.348 e. The first-order chi connectivity index (χ1) is 14.6. The Hall–Kier alpha value is -2.91. The minimum absolute atomic E-state index is 0.0610. The highest BCUT2D eigenvalue weighted by molar-refractivity contribution is 7.92. The Morgan fingerprint density at radius 3 is 2.48 bits per heavy atom. The monoisotopic (exact) mass is 444 g/mol. The van der Waals surface area contributed by atoms with Crippen LogP contribution in [0.15, 0.2) is 48.5 Å². The van der Waals surface area contributed by atoms with Crippen molar-refractivity contribution in [1.82, 2.24) is 10.2 Å². The smallest absolute Gasteiger partial charge is 0.253 e. The van der Waals surface area contributed by atoms with E-state index in [1.165, 1.54) is 24.6 Å². The molecule has 1 aliphatic heterocycles. The molecule has 1 fully saturated rings. The zero-order valence-corrected chi connectivity index (χ0v) is 18.7. The summed E-state index contributed by atoms with van der Waals surface area (Å²) in [5.74, 6) is -0.672.